The molecular formula is C22H29ClN4O3. The molecule has 2 amide bonds. The fourth-order valence-corrected chi connectivity index (χ4v) is 3.95. The molecule has 1 atom stereocenters. The van der Waals surface area contributed by atoms with Crippen LogP contribution in [0.15, 0.2) is 28.8 Å². The minimum Gasteiger partial charge on any atom is -0.371 e. The number of carbonyl (C=O) groups is 2. The molecule has 30 heavy (non-hydrogen) atoms. The zero-order valence-corrected chi connectivity index (χ0v) is 18.3. The van der Waals surface area contributed by atoms with Gasteiger partial charge in [0.1, 0.15) is 6.04 Å². The number of halogens is 1. The molecule has 0 radical (unpaired) electrons. The van der Waals surface area contributed by atoms with Crippen LogP contribution in [0.2, 0.25) is 5.22 Å². The van der Waals surface area contributed by atoms with Crippen molar-refractivity contribution >= 4 is 34.8 Å². The number of amides is 2. The number of nitrogens with one attached hydrogen (secondary N) is 2. The van der Waals surface area contributed by atoms with Crippen molar-refractivity contribution in [2.75, 3.05) is 23.3 Å². The number of rotatable bonds is 9. The highest BCUT2D eigenvalue weighted by atomic mass is 35.5. The molecule has 1 aliphatic heterocycles. The maximum absolute atomic E-state index is 12.8. The first-order valence-corrected chi connectivity index (χ1v) is 10.9. The molecule has 2 aromatic rings. The highest BCUT2D eigenvalue weighted by molar-refractivity contribution is 6.29. The van der Waals surface area contributed by atoms with E-state index in [9.17, 15) is 9.59 Å². The topological polar surface area (TPSA) is 87.5 Å². The van der Waals surface area contributed by atoms with Gasteiger partial charge in [-0.1, -0.05) is 24.6 Å². The van der Waals surface area contributed by atoms with Crippen LogP contribution in [0.1, 0.15) is 50.3 Å². The van der Waals surface area contributed by atoms with Crippen LogP contribution in [-0.4, -0.2) is 36.1 Å². The van der Waals surface area contributed by atoms with Crippen LogP contribution in [0.4, 0.5) is 11.4 Å². The molecule has 162 valence electrons. The number of carbonyl (C=O) groups excluding carboxylic acids is 2. The van der Waals surface area contributed by atoms with Crippen molar-refractivity contribution in [3.8, 4) is 0 Å². The molecule has 2 N–H and O–H groups in total. The van der Waals surface area contributed by atoms with E-state index in [-0.39, 0.29) is 23.5 Å². The van der Waals surface area contributed by atoms with Gasteiger partial charge < -0.3 is 20.1 Å². The number of aryl methyl sites for hydroxylation is 1. The Labute approximate surface area is 182 Å². The summed E-state index contributed by atoms with van der Waals surface area (Å²) in [5.74, 6) is -0.408. The van der Waals surface area contributed by atoms with E-state index in [1.54, 1.807) is 6.92 Å². The van der Waals surface area contributed by atoms with E-state index in [1.165, 1.54) is 12.8 Å². The monoisotopic (exact) mass is 432 g/mol. The van der Waals surface area contributed by atoms with Crippen molar-refractivity contribution in [3.63, 3.8) is 0 Å². The SMILES string of the molecule is CCCC(NC(=O)CCc1c(C)noc1Cl)C(=O)Nc1cccc(N2CCCC2)c1. The third-order valence-corrected chi connectivity index (χ3v) is 5.65. The average molecular weight is 433 g/mol. The van der Waals surface area contributed by atoms with Crippen molar-refractivity contribution in [3.05, 3.63) is 40.7 Å². The summed E-state index contributed by atoms with van der Waals surface area (Å²) in [4.78, 5) is 27.6. The van der Waals surface area contributed by atoms with Gasteiger partial charge in [-0.2, -0.15) is 0 Å². The Hall–Kier alpha value is -2.54. The van der Waals surface area contributed by atoms with Crippen molar-refractivity contribution in [1.29, 1.82) is 0 Å². The molecule has 1 aromatic carbocycles. The van der Waals surface area contributed by atoms with Crippen LogP contribution >= 0.6 is 11.6 Å². The fraction of sp³-hybridized carbons (Fsp3) is 0.500. The normalized spacial score (nSPS) is 14.6. The third-order valence-electron chi connectivity index (χ3n) is 5.35. The van der Waals surface area contributed by atoms with E-state index < -0.39 is 6.04 Å². The summed E-state index contributed by atoms with van der Waals surface area (Å²) >= 11 is 5.96. The molecule has 0 spiro atoms. The van der Waals surface area contributed by atoms with Crippen LogP contribution in [0.5, 0.6) is 0 Å². The second-order valence-electron chi connectivity index (χ2n) is 7.66. The summed E-state index contributed by atoms with van der Waals surface area (Å²) in [6.07, 6.45) is 4.36. The smallest absolute Gasteiger partial charge is 0.246 e. The van der Waals surface area contributed by atoms with Gasteiger partial charge in [0.15, 0.2) is 0 Å². The Morgan fingerprint density at radius 3 is 2.73 bits per heavy atom. The molecule has 0 saturated carbocycles. The van der Waals surface area contributed by atoms with Crippen molar-refractivity contribution in [2.45, 2.75) is 58.4 Å². The first-order chi connectivity index (χ1) is 14.5. The van der Waals surface area contributed by atoms with Crippen LogP contribution in [0.25, 0.3) is 0 Å². The predicted molar refractivity (Wildman–Crippen MR) is 118 cm³/mol. The maximum Gasteiger partial charge on any atom is 0.246 e. The van der Waals surface area contributed by atoms with Gasteiger partial charge in [-0.25, -0.2) is 0 Å². The predicted octanol–water partition coefficient (Wildman–Crippen LogP) is 4.09. The van der Waals surface area contributed by atoms with E-state index in [0.29, 0.717) is 18.5 Å². The number of benzene rings is 1. The summed E-state index contributed by atoms with van der Waals surface area (Å²) in [6, 6.07) is 7.28. The molecule has 1 fully saturated rings. The molecule has 1 aromatic heterocycles. The molecule has 1 unspecified atom stereocenters. The molecule has 2 heterocycles. The standard InChI is InChI=1S/C22H29ClN4O3/c1-3-7-19(25-20(28)11-10-18-15(2)26-30-21(18)23)22(29)24-16-8-6-9-17(14-16)27-12-4-5-13-27/h6,8-9,14,19H,3-5,7,10-13H2,1-2H3,(H,24,29)(H,25,28). The Kier molecular flexibility index (Phi) is 7.74. The van der Waals surface area contributed by atoms with Crippen LogP contribution in [0.3, 0.4) is 0 Å². The first-order valence-electron chi connectivity index (χ1n) is 10.5. The highest BCUT2D eigenvalue weighted by Crippen LogP contribution is 2.24. The lowest BCUT2D eigenvalue weighted by Crippen LogP contribution is -2.43. The zero-order chi connectivity index (χ0) is 21.5. The lowest BCUT2D eigenvalue weighted by Gasteiger charge is -2.20. The van der Waals surface area contributed by atoms with E-state index >= 15 is 0 Å². The van der Waals surface area contributed by atoms with E-state index in [4.69, 9.17) is 16.1 Å². The minimum atomic E-state index is -0.586. The number of aromatic nitrogens is 1. The summed E-state index contributed by atoms with van der Waals surface area (Å²) in [7, 11) is 0. The minimum absolute atomic E-state index is 0.203. The largest absolute Gasteiger partial charge is 0.371 e. The average Bonchev–Trinajstić information content (AvgIpc) is 3.37. The molecule has 3 rings (SSSR count). The van der Waals surface area contributed by atoms with Crippen molar-refractivity contribution in [1.82, 2.24) is 10.5 Å². The third kappa shape index (κ3) is 5.75. The van der Waals surface area contributed by atoms with Gasteiger partial charge in [0.25, 0.3) is 0 Å². The number of hydrogen-bond acceptors (Lipinski definition) is 5. The maximum atomic E-state index is 12.8. The Bertz CT molecular complexity index is 858. The van der Waals surface area contributed by atoms with Crippen molar-refractivity contribution < 1.29 is 14.1 Å². The Morgan fingerprint density at radius 1 is 1.30 bits per heavy atom. The lowest BCUT2D eigenvalue weighted by atomic mass is 10.1. The molecule has 8 heteroatoms. The summed E-state index contributed by atoms with van der Waals surface area (Å²) in [5, 5.41) is 9.81. The number of anilines is 2. The summed E-state index contributed by atoms with van der Waals surface area (Å²) in [5.41, 5.74) is 3.25. The van der Waals surface area contributed by atoms with Crippen LogP contribution < -0.4 is 15.5 Å². The first kappa shape index (κ1) is 22.2. The van der Waals surface area contributed by atoms with Crippen LogP contribution in [0, 0.1) is 6.92 Å². The van der Waals surface area contributed by atoms with Gasteiger partial charge in [0.05, 0.1) is 5.69 Å². The molecule has 0 aliphatic carbocycles. The van der Waals surface area contributed by atoms with Crippen LogP contribution in [-0.2, 0) is 16.0 Å². The molecule has 7 nitrogen and oxygen atoms in total. The zero-order valence-electron chi connectivity index (χ0n) is 17.5. The molecule has 0 bridgehead atoms. The number of nitrogens with zero attached hydrogens (tertiary/aromatic N) is 2. The Morgan fingerprint density at radius 2 is 2.07 bits per heavy atom. The second kappa shape index (κ2) is 10.5. The molecule has 1 aliphatic rings. The van der Waals surface area contributed by atoms with Gasteiger partial charge in [0, 0.05) is 36.4 Å². The quantitative estimate of drug-likeness (QED) is 0.623. The van der Waals surface area contributed by atoms with Gasteiger partial charge in [-0.15, -0.1) is 0 Å². The highest BCUT2D eigenvalue weighted by Gasteiger charge is 2.21. The van der Waals surface area contributed by atoms with E-state index in [2.05, 4.69) is 26.8 Å². The van der Waals surface area contributed by atoms with Gasteiger partial charge in [-0.05, 0) is 62.4 Å². The number of hydrogen-bond donors (Lipinski definition) is 2. The Balaban J connectivity index is 1.57. The van der Waals surface area contributed by atoms with Gasteiger partial charge >= 0.3 is 0 Å². The van der Waals surface area contributed by atoms with Gasteiger partial charge in [0.2, 0.25) is 17.0 Å². The lowest BCUT2D eigenvalue weighted by molar-refractivity contribution is -0.126. The van der Waals surface area contributed by atoms with E-state index in [0.717, 1.165) is 36.4 Å². The van der Waals surface area contributed by atoms with Crippen molar-refractivity contribution in [2.24, 2.45) is 0 Å². The van der Waals surface area contributed by atoms with E-state index in [1.807, 2.05) is 25.1 Å². The second-order valence-corrected chi connectivity index (χ2v) is 8.01. The molecular weight excluding hydrogens is 404 g/mol. The summed E-state index contributed by atoms with van der Waals surface area (Å²) in [6.45, 7) is 5.86. The fourth-order valence-electron chi connectivity index (χ4n) is 3.69. The van der Waals surface area contributed by atoms with Gasteiger partial charge in [-0.3, -0.25) is 9.59 Å². The summed E-state index contributed by atoms with van der Waals surface area (Å²) < 4.78 is 4.91. The molecule has 1 saturated heterocycles.